The number of hydrogen-bond donors (Lipinski definition) is 2. The first-order valence-corrected chi connectivity index (χ1v) is 4.48. The largest absolute Gasteiger partial charge is 0.497 e. The Morgan fingerprint density at radius 3 is 3.00 bits per heavy atom. The molecule has 0 aliphatic heterocycles. The summed E-state index contributed by atoms with van der Waals surface area (Å²) < 4.78 is 5.86. The van der Waals surface area contributed by atoms with E-state index < -0.39 is 0 Å². The summed E-state index contributed by atoms with van der Waals surface area (Å²) in [7, 11) is 1.60. The lowest BCUT2D eigenvalue weighted by Gasteiger charge is -2.01. The normalized spacial score (nSPS) is 10.6. The van der Waals surface area contributed by atoms with Crippen LogP contribution in [0.25, 0.3) is 10.9 Å². The highest BCUT2D eigenvalue weighted by Gasteiger charge is 2.07. The minimum atomic E-state index is 0.648. The molecule has 0 radical (unpaired) electrons. The molecule has 0 saturated heterocycles. The fourth-order valence-corrected chi connectivity index (χ4v) is 1.75. The third-order valence-corrected chi connectivity index (χ3v) is 2.43. The third-order valence-electron chi connectivity index (χ3n) is 1.85. The van der Waals surface area contributed by atoms with Gasteiger partial charge in [0.1, 0.15) is 10.4 Å². The van der Waals surface area contributed by atoms with Crippen LogP contribution in [0.2, 0.25) is 0 Å². The fraction of sp³-hybridized carbons (Fsp3) is 0.125. The molecule has 0 saturated carbocycles. The average Bonchev–Trinajstić information content (AvgIpc) is 2.48. The number of anilines is 1. The maximum atomic E-state index is 5.81. The van der Waals surface area contributed by atoms with Crippen molar-refractivity contribution in [2.45, 2.75) is 0 Å². The summed E-state index contributed by atoms with van der Waals surface area (Å²) in [5.41, 5.74) is 7.25. The van der Waals surface area contributed by atoms with Crippen molar-refractivity contribution in [3.63, 3.8) is 0 Å². The van der Waals surface area contributed by atoms with Crippen molar-refractivity contribution in [2.75, 3.05) is 12.8 Å². The Balaban J connectivity index is 2.79. The van der Waals surface area contributed by atoms with Gasteiger partial charge in [0.25, 0.3) is 0 Å². The topological polar surface area (TPSA) is 63.9 Å². The van der Waals surface area contributed by atoms with E-state index in [4.69, 9.17) is 10.5 Å². The Hall–Kier alpha value is -1.23. The van der Waals surface area contributed by atoms with Gasteiger partial charge in [-0.3, -0.25) is 5.10 Å². The van der Waals surface area contributed by atoms with Crippen LogP contribution in [-0.4, -0.2) is 17.3 Å². The summed E-state index contributed by atoms with van der Waals surface area (Å²) in [6.07, 6.45) is 0. The molecular weight excluding hydrogens is 234 g/mol. The van der Waals surface area contributed by atoms with Crippen molar-refractivity contribution < 1.29 is 4.74 Å². The predicted octanol–water partition coefficient (Wildman–Crippen LogP) is 1.92. The molecule has 3 N–H and O–H groups in total. The molecular formula is C8H8BrN3O. The molecule has 0 atom stereocenters. The quantitative estimate of drug-likeness (QED) is 0.751. The van der Waals surface area contributed by atoms with Gasteiger partial charge in [0.05, 0.1) is 18.0 Å². The number of benzene rings is 1. The van der Waals surface area contributed by atoms with E-state index in [9.17, 15) is 0 Å². The van der Waals surface area contributed by atoms with E-state index in [1.165, 1.54) is 0 Å². The van der Waals surface area contributed by atoms with E-state index in [0.717, 1.165) is 15.5 Å². The van der Waals surface area contributed by atoms with Crippen LogP contribution in [0, 0.1) is 0 Å². The maximum Gasteiger partial charge on any atom is 0.123 e. The summed E-state index contributed by atoms with van der Waals surface area (Å²) in [6, 6.07) is 3.59. The van der Waals surface area contributed by atoms with E-state index in [2.05, 4.69) is 26.1 Å². The highest BCUT2D eigenvalue weighted by Crippen LogP contribution is 2.30. The molecule has 1 aromatic heterocycles. The number of rotatable bonds is 1. The van der Waals surface area contributed by atoms with Crippen LogP contribution in [0.1, 0.15) is 0 Å². The number of aromatic amines is 1. The second-order valence-electron chi connectivity index (χ2n) is 2.65. The Morgan fingerprint density at radius 1 is 1.54 bits per heavy atom. The number of nitrogens with zero attached hydrogens (tertiary/aromatic N) is 1. The number of nitrogen functional groups attached to an aromatic ring is 1. The van der Waals surface area contributed by atoms with Crippen molar-refractivity contribution in [3.05, 3.63) is 16.7 Å². The lowest BCUT2D eigenvalue weighted by atomic mass is 10.2. The molecule has 0 bridgehead atoms. The van der Waals surface area contributed by atoms with E-state index in [-0.39, 0.29) is 0 Å². The van der Waals surface area contributed by atoms with E-state index in [0.29, 0.717) is 11.4 Å². The first kappa shape index (κ1) is 8.37. The summed E-state index contributed by atoms with van der Waals surface area (Å²) in [5, 5.41) is 7.75. The number of H-pyrrole nitrogens is 1. The lowest BCUT2D eigenvalue weighted by Crippen LogP contribution is -1.89. The minimum Gasteiger partial charge on any atom is -0.497 e. The fourth-order valence-electron chi connectivity index (χ4n) is 1.23. The van der Waals surface area contributed by atoms with Gasteiger partial charge >= 0.3 is 0 Å². The standard InChI is InChI=1S/C8H8BrN3O/c1-13-4-2-5(10)7-6(3-4)11-12-8(7)9/h2-3H,10H2,1H3,(H,11,12). The summed E-state index contributed by atoms with van der Waals surface area (Å²) in [5.74, 6) is 0.712. The van der Waals surface area contributed by atoms with E-state index in [1.807, 2.05) is 6.07 Å². The molecule has 2 rings (SSSR count). The molecule has 1 heterocycles. The zero-order valence-electron chi connectivity index (χ0n) is 6.97. The number of halogens is 1. The Bertz CT molecular complexity index is 452. The van der Waals surface area contributed by atoms with Gasteiger partial charge in [-0.25, -0.2) is 0 Å². The summed E-state index contributed by atoms with van der Waals surface area (Å²) in [4.78, 5) is 0. The van der Waals surface area contributed by atoms with Crippen LogP contribution in [0.15, 0.2) is 16.7 Å². The molecule has 0 aliphatic rings. The molecule has 2 aromatic rings. The van der Waals surface area contributed by atoms with Gasteiger partial charge in [-0.15, -0.1) is 0 Å². The predicted molar refractivity (Wildman–Crippen MR) is 54.8 cm³/mol. The van der Waals surface area contributed by atoms with Crippen molar-refractivity contribution in [3.8, 4) is 5.75 Å². The zero-order valence-corrected chi connectivity index (χ0v) is 8.55. The van der Waals surface area contributed by atoms with Crippen LogP contribution >= 0.6 is 15.9 Å². The Morgan fingerprint density at radius 2 is 2.31 bits per heavy atom. The van der Waals surface area contributed by atoms with Crippen LogP contribution in [0.4, 0.5) is 5.69 Å². The number of hydrogen-bond acceptors (Lipinski definition) is 3. The number of aromatic nitrogens is 2. The smallest absolute Gasteiger partial charge is 0.123 e. The SMILES string of the molecule is COc1cc(N)c2c(Br)[nH]nc2c1. The number of ether oxygens (including phenoxy) is 1. The van der Waals surface area contributed by atoms with E-state index >= 15 is 0 Å². The van der Waals surface area contributed by atoms with Crippen molar-refractivity contribution in [2.24, 2.45) is 0 Å². The second kappa shape index (κ2) is 2.92. The second-order valence-corrected chi connectivity index (χ2v) is 3.44. The lowest BCUT2D eigenvalue weighted by molar-refractivity contribution is 0.415. The van der Waals surface area contributed by atoms with Crippen molar-refractivity contribution in [1.82, 2.24) is 10.2 Å². The van der Waals surface area contributed by atoms with Gasteiger partial charge < -0.3 is 10.5 Å². The zero-order chi connectivity index (χ0) is 9.42. The minimum absolute atomic E-state index is 0.648. The molecule has 0 spiro atoms. The van der Waals surface area contributed by atoms with Crippen LogP contribution in [-0.2, 0) is 0 Å². The maximum absolute atomic E-state index is 5.81. The first-order chi connectivity index (χ1) is 6.22. The molecule has 68 valence electrons. The highest BCUT2D eigenvalue weighted by molar-refractivity contribution is 9.10. The van der Waals surface area contributed by atoms with Crippen LogP contribution < -0.4 is 10.5 Å². The Labute approximate surface area is 83.2 Å². The Kier molecular flexibility index (Phi) is 1.88. The van der Waals surface area contributed by atoms with Crippen molar-refractivity contribution in [1.29, 1.82) is 0 Å². The number of nitrogens with two attached hydrogens (primary N) is 1. The summed E-state index contributed by atoms with van der Waals surface area (Å²) in [6.45, 7) is 0. The van der Waals surface area contributed by atoms with Crippen LogP contribution in [0.3, 0.4) is 0 Å². The van der Waals surface area contributed by atoms with Gasteiger partial charge in [0, 0.05) is 17.8 Å². The molecule has 0 unspecified atom stereocenters. The van der Waals surface area contributed by atoms with Gasteiger partial charge in [-0.1, -0.05) is 0 Å². The molecule has 13 heavy (non-hydrogen) atoms. The third kappa shape index (κ3) is 1.25. The monoisotopic (exact) mass is 241 g/mol. The van der Waals surface area contributed by atoms with E-state index in [1.54, 1.807) is 13.2 Å². The van der Waals surface area contributed by atoms with Gasteiger partial charge in [0.15, 0.2) is 0 Å². The number of methoxy groups -OCH3 is 1. The molecule has 1 aromatic carbocycles. The highest BCUT2D eigenvalue weighted by atomic mass is 79.9. The molecule has 0 aliphatic carbocycles. The number of fused-ring (bicyclic) bond motifs is 1. The molecule has 0 amide bonds. The first-order valence-electron chi connectivity index (χ1n) is 3.69. The summed E-state index contributed by atoms with van der Waals surface area (Å²) >= 11 is 3.33. The van der Waals surface area contributed by atoms with Gasteiger partial charge in [-0.05, 0) is 15.9 Å². The van der Waals surface area contributed by atoms with Gasteiger partial charge in [0.2, 0.25) is 0 Å². The molecule has 5 heteroatoms. The molecule has 0 fully saturated rings. The number of nitrogens with one attached hydrogen (secondary N) is 1. The van der Waals surface area contributed by atoms with Gasteiger partial charge in [-0.2, -0.15) is 5.10 Å². The van der Waals surface area contributed by atoms with Crippen LogP contribution in [0.5, 0.6) is 5.75 Å². The average molecular weight is 242 g/mol. The molecule has 4 nitrogen and oxygen atoms in total. The van der Waals surface area contributed by atoms with Crippen molar-refractivity contribution >= 4 is 32.5 Å².